The van der Waals surface area contributed by atoms with Crippen molar-refractivity contribution >= 4 is 34.7 Å². The molecule has 3 rings (SSSR count). The maximum absolute atomic E-state index is 13.6. The number of rotatable bonds is 5. The highest BCUT2D eigenvalue weighted by atomic mass is 32.2. The fraction of sp³-hybridized carbons (Fsp3) is 0.111. The lowest BCUT2D eigenvalue weighted by Crippen LogP contribution is -2.33. The Morgan fingerprint density at radius 2 is 1.88 bits per heavy atom. The second-order valence-corrected chi connectivity index (χ2v) is 6.16. The van der Waals surface area contributed by atoms with Crippen molar-refractivity contribution < 1.29 is 18.7 Å². The van der Waals surface area contributed by atoms with E-state index in [1.807, 2.05) is 12.1 Å². The molecule has 1 aliphatic rings. The second-order valence-electron chi connectivity index (χ2n) is 5.17. The summed E-state index contributed by atoms with van der Waals surface area (Å²) in [4.78, 5) is 25.9. The number of amides is 2. The smallest absolute Gasteiger partial charge is 0.295 e. The van der Waals surface area contributed by atoms with Gasteiger partial charge in [-0.3, -0.25) is 14.5 Å². The lowest BCUT2D eigenvalue weighted by Gasteiger charge is -2.14. The van der Waals surface area contributed by atoms with Gasteiger partial charge in [-0.1, -0.05) is 30.3 Å². The minimum Gasteiger partial charge on any atom is -0.496 e. The number of imide groups is 1. The third kappa shape index (κ3) is 3.66. The molecule has 1 fully saturated rings. The highest BCUT2D eigenvalue weighted by molar-refractivity contribution is 8.18. The molecule has 128 valence electrons. The maximum Gasteiger partial charge on any atom is 0.295 e. The summed E-state index contributed by atoms with van der Waals surface area (Å²) in [5, 5.41) is 2.36. The standard InChI is InChI=1S/C18H15FN2O3S/c1-24-15-9-5-2-6-12(15)10-16-17(22)21(18(23)25-16)11-20-14-8-4-3-7-13(14)19/h2-10,20H,11H2,1H3. The van der Waals surface area contributed by atoms with Crippen molar-refractivity contribution in [2.45, 2.75) is 0 Å². The molecule has 0 bridgehead atoms. The van der Waals surface area contributed by atoms with Gasteiger partial charge in [0.25, 0.3) is 11.1 Å². The first-order valence-electron chi connectivity index (χ1n) is 7.47. The number of ether oxygens (including phenoxy) is 1. The third-order valence-corrected chi connectivity index (χ3v) is 4.51. The van der Waals surface area contributed by atoms with Gasteiger partial charge in [-0.25, -0.2) is 4.39 Å². The SMILES string of the molecule is COc1ccccc1C=C1SC(=O)N(CNc2ccccc2F)C1=O. The van der Waals surface area contributed by atoms with Gasteiger partial charge in [-0.2, -0.15) is 0 Å². The number of thioether (sulfide) groups is 1. The molecule has 0 atom stereocenters. The number of nitrogens with one attached hydrogen (secondary N) is 1. The van der Waals surface area contributed by atoms with E-state index >= 15 is 0 Å². The van der Waals surface area contributed by atoms with E-state index < -0.39 is 17.0 Å². The van der Waals surface area contributed by atoms with E-state index in [1.54, 1.807) is 36.4 Å². The fourth-order valence-electron chi connectivity index (χ4n) is 2.33. The number of nitrogens with zero attached hydrogens (tertiary/aromatic N) is 1. The molecule has 0 aliphatic carbocycles. The molecule has 0 aromatic heterocycles. The van der Waals surface area contributed by atoms with E-state index in [2.05, 4.69) is 5.32 Å². The number of hydrogen-bond donors (Lipinski definition) is 1. The van der Waals surface area contributed by atoms with Crippen LogP contribution < -0.4 is 10.1 Å². The molecule has 25 heavy (non-hydrogen) atoms. The molecule has 2 aromatic rings. The number of hydrogen-bond acceptors (Lipinski definition) is 5. The van der Waals surface area contributed by atoms with E-state index in [-0.39, 0.29) is 12.4 Å². The minimum atomic E-state index is -0.445. The zero-order chi connectivity index (χ0) is 17.8. The van der Waals surface area contributed by atoms with Crippen LogP contribution in [0.3, 0.4) is 0 Å². The number of carbonyl (C=O) groups excluding carboxylic acids is 2. The average molecular weight is 358 g/mol. The Morgan fingerprint density at radius 1 is 1.16 bits per heavy atom. The van der Waals surface area contributed by atoms with Crippen LogP contribution in [0, 0.1) is 5.82 Å². The van der Waals surface area contributed by atoms with Crippen molar-refractivity contribution in [1.29, 1.82) is 0 Å². The summed E-state index contributed by atoms with van der Waals surface area (Å²) in [7, 11) is 1.54. The summed E-state index contributed by atoms with van der Waals surface area (Å²) in [6, 6.07) is 13.3. The molecular weight excluding hydrogens is 343 g/mol. The highest BCUT2D eigenvalue weighted by Gasteiger charge is 2.35. The molecule has 0 unspecified atom stereocenters. The molecule has 0 spiro atoms. The van der Waals surface area contributed by atoms with Crippen molar-refractivity contribution in [3.8, 4) is 5.75 Å². The Balaban J connectivity index is 1.76. The van der Waals surface area contributed by atoms with Gasteiger partial charge in [0.2, 0.25) is 0 Å². The van der Waals surface area contributed by atoms with Gasteiger partial charge in [-0.15, -0.1) is 0 Å². The van der Waals surface area contributed by atoms with Crippen molar-refractivity contribution in [2.24, 2.45) is 0 Å². The quantitative estimate of drug-likeness (QED) is 0.821. The topological polar surface area (TPSA) is 58.6 Å². The third-order valence-electron chi connectivity index (χ3n) is 3.60. The van der Waals surface area contributed by atoms with Gasteiger partial charge < -0.3 is 10.1 Å². The van der Waals surface area contributed by atoms with Gasteiger partial charge in [0.05, 0.1) is 24.4 Å². The highest BCUT2D eigenvalue weighted by Crippen LogP contribution is 2.33. The molecule has 0 saturated carbocycles. The summed E-state index contributed by atoms with van der Waals surface area (Å²) < 4.78 is 18.9. The number of carbonyl (C=O) groups is 2. The normalized spacial score (nSPS) is 15.8. The Hall–Kier alpha value is -2.80. The number of methoxy groups -OCH3 is 1. The van der Waals surface area contributed by atoms with E-state index in [0.717, 1.165) is 16.7 Å². The summed E-state index contributed by atoms with van der Waals surface area (Å²) in [6.07, 6.45) is 1.62. The van der Waals surface area contributed by atoms with Gasteiger partial charge in [0, 0.05) is 5.56 Å². The van der Waals surface area contributed by atoms with Crippen LogP contribution in [-0.2, 0) is 4.79 Å². The van der Waals surface area contributed by atoms with Crippen LogP contribution in [0.15, 0.2) is 53.4 Å². The summed E-state index contributed by atoms with van der Waals surface area (Å²) in [5.41, 5.74) is 0.938. The zero-order valence-corrected chi connectivity index (χ0v) is 14.2. The second kappa shape index (κ2) is 7.40. The fourth-order valence-corrected chi connectivity index (χ4v) is 3.16. The first kappa shape index (κ1) is 17.0. The van der Waals surface area contributed by atoms with E-state index in [4.69, 9.17) is 4.74 Å². The van der Waals surface area contributed by atoms with Crippen LogP contribution in [0.4, 0.5) is 14.9 Å². The molecule has 5 nitrogen and oxygen atoms in total. The van der Waals surface area contributed by atoms with E-state index in [0.29, 0.717) is 16.2 Å². The molecule has 0 radical (unpaired) electrons. The molecule has 2 aromatic carbocycles. The monoisotopic (exact) mass is 358 g/mol. The predicted molar refractivity (Wildman–Crippen MR) is 95.7 cm³/mol. The number of halogens is 1. The summed E-state index contributed by atoms with van der Waals surface area (Å²) in [6.45, 7) is -0.102. The lowest BCUT2D eigenvalue weighted by molar-refractivity contribution is -0.122. The van der Waals surface area contributed by atoms with Crippen molar-refractivity contribution in [2.75, 3.05) is 19.1 Å². The number of para-hydroxylation sites is 2. The first-order valence-corrected chi connectivity index (χ1v) is 8.28. The van der Waals surface area contributed by atoms with Gasteiger partial charge in [-0.05, 0) is 36.0 Å². The Labute approximate surface area is 148 Å². The molecule has 1 saturated heterocycles. The van der Waals surface area contributed by atoms with E-state index in [1.165, 1.54) is 13.2 Å². The molecule has 7 heteroatoms. The van der Waals surface area contributed by atoms with Crippen LogP contribution in [0.25, 0.3) is 6.08 Å². The van der Waals surface area contributed by atoms with Gasteiger partial charge in [0.1, 0.15) is 11.6 Å². The minimum absolute atomic E-state index is 0.102. The molecule has 1 N–H and O–H groups in total. The Kier molecular flexibility index (Phi) is 5.04. The van der Waals surface area contributed by atoms with Crippen molar-refractivity contribution in [3.05, 3.63) is 64.8 Å². The van der Waals surface area contributed by atoms with Crippen molar-refractivity contribution in [3.63, 3.8) is 0 Å². The van der Waals surface area contributed by atoms with Gasteiger partial charge >= 0.3 is 0 Å². The van der Waals surface area contributed by atoms with Gasteiger partial charge in [0.15, 0.2) is 0 Å². The largest absolute Gasteiger partial charge is 0.496 e. The van der Waals surface area contributed by atoms with Crippen LogP contribution >= 0.6 is 11.8 Å². The van der Waals surface area contributed by atoms with E-state index in [9.17, 15) is 14.0 Å². The van der Waals surface area contributed by atoms with Crippen molar-refractivity contribution in [1.82, 2.24) is 4.90 Å². The maximum atomic E-state index is 13.6. The average Bonchev–Trinajstić information content (AvgIpc) is 2.88. The molecular formula is C18H15FN2O3S. The molecule has 1 aliphatic heterocycles. The van der Waals surface area contributed by atoms with Crippen LogP contribution in [0.5, 0.6) is 5.75 Å². The Morgan fingerprint density at radius 3 is 2.64 bits per heavy atom. The zero-order valence-electron chi connectivity index (χ0n) is 13.4. The summed E-state index contributed by atoms with van der Waals surface area (Å²) in [5.74, 6) is -0.262. The predicted octanol–water partition coefficient (Wildman–Crippen LogP) is 3.94. The summed E-state index contributed by atoms with van der Waals surface area (Å²) >= 11 is 0.844. The first-order chi connectivity index (χ1) is 12.1. The number of benzene rings is 2. The number of anilines is 1. The van der Waals surface area contributed by atoms with Crippen LogP contribution in [0.2, 0.25) is 0 Å². The Bertz CT molecular complexity index is 854. The molecule has 2 amide bonds. The van der Waals surface area contributed by atoms with Crippen LogP contribution in [-0.4, -0.2) is 29.8 Å². The van der Waals surface area contributed by atoms with Crippen LogP contribution in [0.1, 0.15) is 5.56 Å². The lowest BCUT2D eigenvalue weighted by atomic mass is 10.2. The molecule has 1 heterocycles.